The maximum atomic E-state index is 8.97. The molecule has 0 unspecified atom stereocenters. The first kappa shape index (κ1) is 11.9. The summed E-state index contributed by atoms with van der Waals surface area (Å²) in [5, 5.41) is 8.97. The van der Waals surface area contributed by atoms with E-state index in [1.54, 1.807) is 24.5 Å². The Bertz CT molecular complexity index is 248. The quantitative estimate of drug-likeness (QED) is 0.593. The number of anilines is 1. The van der Waals surface area contributed by atoms with Crippen LogP contribution in [0.25, 0.3) is 0 Å². The normalized spacial score (nSPS) is 25.2. The summed E-state index contributed by atoms with van der Waals surface area (Å²) in [5.41, 5.74) is 11.7. The number of hydrogen-bond donors (Lipinski definition) is 3. The van der Waals surface area contributed by atoms with Crippen molar-refractivity contribution in [3.63, 3.8) is 0 Å². The number of hydrogen-bond acceptors (Lipinski definition) is 4. The van der Waals surface area contributed by atoms with Crippen LogP contribution < -0.4 is 11.5 Å². The predicted molar refractivity (Wildman–Crippen MR) is 61.1 cm³/mol. The zero-order chi connectivity index (χ0) is 11.1. The largest absolute Gasteiger partial charge is 0.399 e. The molecule has 0 amide bonds. The second-order valence-corrected chi connectivity index (χ2v) is 3.85. The molecule has 4 nitrogen and oxygen atoms in total. The van der Waals surface area contributed by atoms with E-state index in [2.05, 4.69) is 4.98 Å². The molecule has 1 fully saturated rings. The van der Waals surface area contributed by atoms with E-state index in [1.165, 1.54) is 0 Å². The predicted octanol–water partition coefficient (Wildman–Crippen LogP) is 0.912. The van der Waals surface area contributed by atoms with Crippen LogP contribution in [-0.2, 0) is 0 Å². The first-order valence-corrected chi connectivity index (χ1v) is 5.27. The highest BCUT2D eigenvalue weighted by Gasteiger charge is 2.14. The Hall–Kier alpha value is -1.13. The Balaban J connectivity index is 0.000000151. The lowest BCUT2D eigenvalue weighted by atomic mass is 9.94. The number of nitrogens with zero attached hydrogens (tertiary/aromatic N) is 1. The van der Waals surface area contributed by atoms with Crippen LogP contribution in [0.15, 0.2) is 24.5 Å². The smallest absolute Gasteiger partial charge is 0.0541 e. The van der Waals surface area contributed by atoms with Gasteiger partial charge in [0.05, 0.1) is 6.10 Å². The first-order chi connectivity index (χ1) is 7.18. The molecule has 1 aromatic heterocycles. The lowest BCUT2D eigenvalue weighted by molar-refractivity contribution is 0.123. The van der Waals surface area contributed by atoms with E-state index < -0.39 is 0 Å². The van der Waals surface area contributed by atoms with E-state index in [9.17, 15) is 0 Å². The van der Waals surface area contributed by atoms with Crippen LogP contribution in [0.4, 0.5) is 5.69 Å². The van der Waals surface area contributed by atoms with Crippen LogP contribution in [0.5, 0.6) is 0 Å². The molecule has 1 aliphatic carbocycles. The second kappa shape index (κ2) is 6.37. The minimum absolute atomic E-state index is 0.0604. The van der Waals surface area contributed by atoms with Gasteiger partial charge < -0.3 is 16.6 Å². The lowest BCUT2D eigenvalue weighted by Crippen LogP contribution is -2.28. The van der Waals surface area contributed by atoms with Gasteiger partial charge in [0.1, 0.15) is 0 Å². The molecule has 1 aliphatic rings. The fraction of sp³-hybridized carbons (Fsp3) is 0.545. The standard InChI is InChI=1S/C6H13NO.C5H6N2/c7-5-1-3-6(8)4-2-5;6-5-1-3-7-4-2-5/h5-6,8H,1-4,7H2;1-4H,(H2,6,7). The Morgan fingerprint density at radius 2 is 1.67 bits per heavy atom. The Morgan fingerprint density at radius 1 is 1.13 bits per heavy atom. The van der Waals surface area contributed by atoms with E-state index in [1.807, 2.05) is 0 Å². The van der Waals surface area contributed by atoms with Crippen molar-refractivity contribution >= 4 is 5.69 Å². The van der Waals surface area contributed by atoms with Crippen LogP contribution in [0.1, 0.15) is 25.7 Å². The molecule has 15 heavy (non-hydrogen) atoms. The molecule has 0 radical (unpaired) electrons. The van der Waals surface area contributed by atoms with Gasteiger partial charge >= 0.3 is 0 Å². The van der Waals surface area contributed by atoms with Gasteiger partial charge in [0, 0.05) is 24.1 Å². The number of pyridine rings is 1. The minimum Gasteiger partial charge on any atom is -0.399 e. The highest BCUT2D eigenvalue weighted by molar-refractivity contribution is 5.33. The first-order valence-electron chi connectivity index (χ1n) is 5.27. The van der Waals surface area contributed by atoms with Crippen molar-refractivity contribution in [2.75, 3.05) is 5.73 Å². The summed E-state index contributed by atoms with van der Waals surface area (Å²) in [6, 6.07) is 3.86. The maximum Gasteiger partial charge on any atom is 0.0541 e. The fourth-order valence-corrected chi connectivity index (χ4v) is 1.47. The fourth-order valence-electron chi connectivity index (χ4n) is 1.47. The van der Waals surface area contributed by atoms with Crippen molar-refractivity contribution in [3.8, 4) is 0 Å². The number of nitrogen functional groups attached to an aromatic ring is 1. The molecule has 2 rings (SSSR count). The topological polar surface area (TPSA) is 85.2 Å². The van der Waals surface area contributed by atoms with E-state index in [-0.39, 0.29) is 6.10 Å². The van der Waals surface area contributed by atoms with Crippen molar-refractivity contribution in [3.05, 3.63) is 24.5 Å². The third kappa shape index (κ3) is 5.34. The van der Waals surface area contributed by atoms with Crippen LogP contribution >= 0.6 is 0 Å². The van der Waals surface area contributed by atoms with Gasteiger partial charge in [0.2, 0.25) is 0 Å². The molecule has 1 heterocycles. The molecule has 0 atom stereocenters. The van der Waals surface area contributed by atoms with Gasteiger partial charge in [-0.3, -0.25) is 4.98 Å². The third-order valence-corrected chi connectivity index (χ3v) is 2.45. The molecular weight excluding hydrogens is 190 g/mol. The summed E-state index contributed by atoms with van der Waals surface area (Å²) in [6.45, 7) is 0. The number of rotatable bonds is 0. The average Bonchev–Trinajstić information content (AvgIpc) is 2.25. The molecule has 0 spiro atoms. The number of aliphatic hydroxyl groups is 1. The van der Waals surface area contributed by atoms with Gasteiger partial charge in [-0.05, 0) is 37.8 Å². The van der Waals surface area contributed by atoms with Crippen molar-refractivity contribution < 1.29 is 5.11 Å². The van der Waals surface area contributed by atoms with E-state index in [4.69, 9.17) is 16.6 Å². The summed E-state index contributed by atoms with van der Waals surface area (Å²) in [7, 11) is 0. The molecule has 0 aliphatic heterocycles. The van der Waals surface area contributed by atoms with Crippen molar-refractivity contribution in [1.29, 1.82) is 0 Å². The minimum atomic E-state index is -0.0604. The molecule has 1 saturated carbocycles. The number of aromatic nitrogens is 1. The van der Waals surface area contributed by atoms with E-state index in [0.717, 1.165) is 31.4 Å². The summed E-state index contributed by atoms with van der Waals surface area (Å²) in [4.78, 5) is 3.77. The zero-order valence-electron chi connectivity index (χ0n) is 8.84. The summed E-state index contributed by atoms with van der Waals surface area (Å²) in [5.74, 6) is 0. The van der Waals surface area contributed by atoms with Gasteiger partial charge in [-0.1, -0.05) is 0 Å². The Morgan fingerprint density at radius 3 is 2.00 bits per heavy atom. The van der Waals surface area contributed by atoms with Crippen LogP contribution in [0.3, 0.4) is 0 Å². The monoisotopic (exact) mass is 209 g/mol. The zero-order valence-corrected chi connectivity index (χ0v) is 8.84. The summed E-state index contributed by atoms with van der Waals surface area (Å²) >= 11 is 0. The van der Waals surface area contributed by atoms with E-state index >= 15 is 0 Å². The van der Waals surface area contributed by atoms with Gasteiger partial charge in [-0.25, -0.2) is 0 Å². The Kier molecular flexibility index (Phi) is 5.07. The SMILES string of the molecule is NC1CCC(O)CC1.Nc1ccncc1. The van der Waals surface area contributed by atoms with Crippen molar-refractivity contribution in [2.45, 2.75) is 37.8 Å². The molecule has 0 saturated heterocycles. The second-order valence-electron chi connectivity index (χ2n) is 3.85. The Labute approximate surface area is 90.3 Å². The maximum absolute atomic E-state index is 8.97. The highest BCUT2D eigenvalue weighted by Crippen LogP contribution is 2.15. The summed E-state index contributed by atoms with van der Waals surface area (Å²) < 4.78 is 0. The third-order valence-electron chi connectivity index (χ3n) is 2.45. The van der Waals surface area contributed by atoms with Gasteiger partial charge in [-0.15, -0.1) is 0 Å². The number of nitrogens with two attached hydrogens (primary N) is 2. The molecule has 0 aromatic carbocycles. The average molecular weight is 209 g/mol. The lowest BCUT2D eigenvalue weighted by Gasteiger charge is -2.21. The van der Waals surface area contributed by atoms with Crippen molar-refractivity contribution in [1.82, 2.24) is 4.98 Å². The van der Waals surface area contributed by atoms with Gasteiger partial charge in [0.25, 0.3) is 0 Å². The van der Waals surface area contributed by atoms with E-state index in [0.29, 0.717) is 6.04 Å². The van der Waals surface area contributed by atoms with Crippen LogP contribution in [0.2, 0.25) is 0 Å². The van der Waals surface area contributed by atoms with Crippen LogP contribution in [-0.4, -0.2) is 22.2 Å². The molecule has 84 valence electrons. The highest BCUT2D eigenvalue weighted by atomic mass is 16.3. The van der Waals surface area contributed by atoms with Gasteiger partial charge in [-0.2, -0.15) is 0 Å². The van der Waals surface area contributed by atoms with Crippen molar-refractivity contribution in [2.24, 2.45) is 5.73 Å². The molecule has 4 heteroatoms. The molecular formula is C11H19N3O. The summed E-state index contributed by atoms with van der Waals surface area (Å²) in [6.07, 6.45) is 7.07. The number of aliphatic hydroxyl groups excluding tert-OH is 1. The van der Waals surface area contributed by atoms with Gasteiger partial charge in [0.15, 0.2) is 0 Å². The van der Waals surface area contributed by atoms with Crippen LogP contribution in [0, 0.1) is 0 Å². The molecule has 1 aromatic rings. The molecule has 5 N–H and O–H groups in total. The molecule has 0 bridgehead atoms.